The van der Waals surface area contributed by atoms with Gasteiger partial charge in [0.15, 0.2) is 0 Å². The zero-order valence-corrected chi connectivity index (χ0v) is 7.12. The number of rotatable bonds is 3. The molecule has 1 atom stereocenters. The van der Waals surface area contributed by atoms with Gasteiger partial charge in [-0.2, -0.15) is 0 Å². The maximum atomic E-state index is 4.12. The summed E-state index contributed by atoms with van der Waals surface area (Å²) in [5.41, 5.74) is 0.217. The van der Waals surface area contributed by atoms with Gasteiger partial charge in [0, 0.05) is 0 Å². The summed E-state index contributed by atoms with van der Waals surface area (Å²) in [4.78, 5) is 0. The van der Waals surface area contributed by atoms with Crippen molar-refractivity contribution in [2.75, 3.05) is 0 Å². The van der Waals surface area contributed by atoms with E-state index in [1.807, 2.05) is 0 Å². The van der Waals surface area contributed by atoms with E-state index in [1.54, 1.807) is 0 Å². The second-order valence-electron chi connectivity index (χ2n) is 3.31. The first-order chi connectivity index (χ1) is 4.00. The minimum absolute atomic E-state index is 0.217. The number of hydrogen-bond donors (Lipinski definition) is 0. The normalized spacial score (nSPS) is 12.7. The zero-order valence-electron chi connectivity index (χ0n) is 7.12. The molecule has 2 radical (unpaired) electrons. The van der Waals surface area contributed by atoms with Gasteiger partial charge < -0.3 is 0 Å². The molecular weight excluding hydrogens is 108 g/mol. The Kier molecular flexibility index (Phi) is 3.24. The second kappa shape index (κ2) is 3.24. The van der Waals surface area contributed by atoms with Crippen LogP contribution in [0.25, 0.3) is 0 Å². The molecule has 0 spiro atoms. The van der Waals surface area contributed by atoms with E-state index in [2.05, 4.69) is 34.6 Å². The van der Waals surface area contributed by atoms with Crippen LogP contribution in [0.2, 0.25) is 0 Å². The molecule has 0 rings (SSSR count). The van der Waals surface area contributed by atoms with Crippen LogP contribution in [0.15, 0.2) is 0 Å². The van der Waals surface area contributed by atoms with E-state index in [-0.39, 0.29) is 5.41 Å². The summed E-state index contributed by atoms with van der Waals surface area (Å²) in [5.74, 6) is 1.43. The highest BCUT2D eigenvalue weighted by atomic mass is 14.3. The smallest absolute Gasteiger partial charge is 0.0244 e. The Labute approximate surface area is 59.7 Å². The second-order valence-corrected chi connectivity index (χ2v) is 3.31. The Hall–Kier alpha value is 0. The Balaban J connectivity index is 3.70. The van der Waals surface area contributed by atoms with Crippen molar-refractivity contribution in [3.63, 3.8) is 0 Å². The third-order valence-electron chi connectivity index (χ3n) is 2.01. The molecule has 1 unspecified atom stereocenters. The van der Waals surface area contributed by atoms with Gasteiger partial charge in [0.1, 0.15) is 0 Å². The predicted molar refractivity (Wildman–Crippen MR) is 43.0 cm³/mol. The van der Waals surface area contributed by atoms with Crippen LogP contribution in [0.1, 0.15) is 40.5 Å². The first kappa shape index (κ1) is 9.00. The van der Waals surface area contributed by atoms with E-state index in [9.17, 15) is 0 Å². The lowest BCUT2D eigenvalue weighted by molar-refractivity contribution is 0.403. The molecule has 0 heteroatoms. The van der Waals surface area contributed by atoms with Crippen LogP contribution < -0.4 is 0 Å². The third-order valence-corrected chi connectivity index (χ3v) is 2.01. The van der Waals surface area contributed by atoms with E-state index in [1.165, 1.54) is 18.8 Å². The largest absolute Gasteiger partial charge is 0.0654 e. The van der Waals surface area contributed by atoms with Crippen LogP contribution in [-0.2, 0) is 0 Å². The minimum atomic E-state index is 0.217. The van der Waals surface area contributed by atoms with Crippen molar-refractivity contribution in [1.29, 1.82) is 0 Å². The summed E-state index contributed by atoms with van der Waals surface area (Å²) < 4.78 is 0. The van der Waals surface area contributed by atoms with Crippen LogP contribution in [0.4, 0.5) is 0 Å². The summed E-state index contributed by atoms with van der Waals surface area (Å²) in [6.07, 6.45) is 2.43. The summed E-state index contributed by atoms with van der Waals surface area (Å²) >= 11 is 0. The summed E-state index contributed by atoms with van der Waals surface area (Å²) in [6, 6.07) is 0. The van der Waals surface area contributed by atoms with E-state index in [0.717, 1.165) is 0 Å². The van der Waals surface area contributed by atoms with Crippen LogP contribution in [0, 0.1) is 18.3 Å². The average molecular weight is 126 g/mol. The fraction of sp³-hybridized carbons (Fsp3) is 0.778. The van der Waals surface area contributed by atoms with Gasteiger partial charge in [-0.1, -0.05) is 34.1 Å². The van der Waals surface area contributed by atoms with Crippen LogP contribution >= 0.6 is 0 Å². The van der Waals surface area contributed by atoms with Gasteiger partial charge in [0.25, 0.3) is 0 Å². The molecule has 9 heavy (non-hydrogen) atoms. The predicted octanol–water partition coefficient (Wildman–Crippen LogP) is 3.24. The summed E-state index contributed by atoms with van der Waals surface area (Å²) in [5, 5.41) is 0. The molecule has 54 valence electrons. The van der Waals surface area contributed by atoms with E-state index >= 15 is 0 Å². The fourth-order valence-corrected chi connectivity index (χ4v) is 0.802. The van der Waals surface area contributed by atoms with Crippen molar-refractivity contribution >= 4 is 0 Å². The monoisotopic (exact) mass is 126 g/mol. The molecule has 0 aromatic carbocycles. The zero-order chi connectivity index (χ0) is 7.49. The first-order valence-corrected chi connectivity index (χ1v) is 3.66. The molecule has 0 aliphatic rings. The molecule has 0 fully saturated rings. The quantitative estimate of drug-likeness (QED) is 0.544. The molecule has 0 amide bonds. The van der Waals surface area contributed by atoms with Gasteiger partial charge in [0.2, 0.25) is 0 Å². The third kappa shape index (κ3) is 2.88. The van der Waals surface area contributed by atoms with Crippen LogP contribution in [0.3, 0.4) is 0 Å². The molecule has 0 aromatic rings. The van der Waals surface area contributed by atoms with Crippen molar-refractivity contribution in [1.82, 2.24) is 0 Å². The molecule has 0 saturated heterocycles. The average Bonchev–Trinajstić information content (AvgIpc) is 1.65. The lowest BCUT2D eigenvalue weighted by atomic mass is 9.78. The van der Waals surface area contributed by atoms with Crippen molar-refractivity contribution in [2.45, 2.75) is 40.5 Å². The highest BCUT2D eigenvalue weighted by molar-refractivity contribution is 4.99. The van der Waals surface area contributed by atoms with Gasteiger partial charge in [-0.3, -0.25) is 0 Å². The standard InChI is InChI=1S/C9H18/c1-6-7-9(4,5)8(2)3/h4,6-7H2,1-3,5H3. The maximum Gasteiger partial charge on any atom is -0.0244 e. The van der Waals surface area contributed by atoms with Gasteiger partial charge in [-0.15, -0.1) is 0 Å². The fourth-order valence-electron chi connectivity index (χ4n) is 0.802. The minimum Gasteiger partial charge on any atom is -0.0654 e. The van der Waals surface area contributed by atoms with Gasteiger partial charge >= 0.3 is 0 Å². The maximum absolute atomic E-state index is 4.12. The van der Waals surface area contributed by atoms with Crippen molar-refractivity contribution in [3.05, 3.63) is 12.8 Å². The van der Waals surface area contributed by atoms with Crippen LogP contribution in [0.5, 0.6) is 0 Å². The molecule has 0 heterocycles. The van der Waals surface area contributed by atoms with Gasteiger partial charge in [-0.25, -0.2) is 0 Å². The van der Waals surface area contributed by atoms with Crippen molar-refractivity contribution in [3.8, 4) is 0 Å². The molecule has 0 N–H and O–H groups in total. The summed E-state index contributed by atoms with van der Waals surface area (Å²) in [6.45, 7) is 12.8. The van der Waals surface area contributed by atoms with Crippen molar-refractivity contribution in [2.24, 2.45) is 5.41 Å². The van der Waals surface area contributed by atoms with E-state index in [0.29, 0.717) is 0 Å². The molecule has 0 aromatic heterocycles. The molecular formula is C9H18. The van der Waals surface area contributed by atoms with Crippen molar-refractivity contribution < 1.29 is 0 Å². The lowest BCUT2D eigenvalue weighted by Crippen LogP contribution is -2.16. The van der Waals surface area contributed by atoms with Gasteiger partial charge in [-0.05, 0) is 24.7 Å². The molecule has 0 aliphatic heterocycles. The summed E-state index contributed by atoms with van der Waals surface area (Å²) in [7, 11) is 0. The molecule has 0 saturated carbocycles. The number of hydrogen-bond acceptors (Lipinski definition) is 0. The van der Waals surface area contributed by atoms with E-state index in [4.69, 9.17) is 0 Å². The molecule has 0 bridgehead atoms. The Morgan fingerprint density at radius 3 is 2.00 bits per heavy atom. The first-order valence-electron chi connectivity index (χ1n) is 3.66. The highest BCUT2D eigenvalue weighted by Crippen LogP contribution is 2.31. The lowest BCUT2D eigenvalue weighted by Gasteiger charge is -2.27. The Morgan fingerprint density at radius 1 is 1.44 bits per heavy atom. The highest BCUT2D eigenvalue weighted by Gasteiger charge is 2.20. The SMILES string of the molecule is [CH2]C(C)(CCC)[C](C)C. The Bertz CT molecular complexity index is 70.1. The molecule has 0 nitrogen and oxygen atoms in total. The Morgan fingerprint density at radius 2 is 1.89 bits per heavy atom. The van der Waals surface area contributed by atoms with Gasteiger partial charge in [0.05, 0.1) is 0 Å². The molecule has 0 aliphatic carbocycles. The topological polar surface area (TPSA) is 0 Å². The van der Waals surface area contributed by atoms with E-state index < -0.39 is 0 Å². The van der Waals surface area contributed by atoms with Crippen LogP contribution in [-0.4, -0.2) is 0 Å².